The molecule has 0 spiro atoms. The van der Waals surface area contributed by atoms with Gasteiger partial charge in [0.25, 0.3) is 0 Å². The fourth-order valence-corrected chi connectivity index (χ4v) is 1.70. The molecule has 0 aliphatic carbocycles. The van der Waals surface area contributed by atoms with Crippen molar-refractivity contribution >= 4 is 15.7 Å². The van der Waals surface area contributed by atoms with E-state index in [0.717, 1.165) is 18.2 Å². The van der Waals surface area contributed by atoms with Gasteiger partial charge < -0.3 is 5.11 Å². The van der Waals surface area contributed by atoms with E-state index in [1.165, 1.54) is 6.92 Å². The number of hydrogen-bond acceptors (Lipinski definition) is 4. The first-order valence-corrected chi connectivity index (χ1v) is 5.81. The molecule has 0 fully saturated rings. The van der Waals surface area contributed by atoms with E-state index in [4.69, 9.17) is 5.26 Å². The predicted molar refractivity (Wildman–Crippen MR) is 55.7 cm³/mol. The fourth-order valence-electron chi connectivity index (χ4n) is 0.902. The maximum Gasteiger partial charge on any atom is 0.248 e. The van der Waals surface area contributed by atoms with Gasteiger partial charge in [0, 0.05) is 6.07 Å². The summed E-state index contributed by atoms with van der Waals surface area (Å²) in [6.07, 6.45) is 0. The van der Waals surface area contributed by atoms with Gasteiger partial charge in [0.15, 0.2) is 5.25 Å². The number of nitriles is 1. The summed E-state index contributed by atoms with van der Waals surface area (Å²) >= 11 is 0. The molecule has 0 aliphatic heterocycles. The van der Waals surface area contributed by atoms with Crippen LogP contribution in [0.2, 0.25) is 0 Å². The Morgan fingerprint density at radius 2 is 2.19 bits per heavy atom. The molecule has 0 saturated carbocycles. The number of halogens is 1. The van der Waals surface area contributed by atoms with Crippen LogP contribution in [0.25, 0.3) is 0 Å². The Balaban J connectivity index is 3.03. The lowest BCUT2D eigenvalue weighted by molar-refractivity contribution is 0.471. The number of nitrogens with one attached hydrogen (secondary N) is 1. The van der Waals surface area contributed by atoms with Crippen molar-refractivity contribution in [2.75, 3.05) is 4.72 Å². The summed E-state index contributed by atoms with van der Waals surface area (Å²) < 4.78 is 37.5. The number of nitrogens with zero attached hydrogens (tertiary/aromatic N) is 1. The Morgan fingerprint density at radius 1 is 1.56 bits per heavy atom. The van der Waals surface area contributed by atoms with Crippen molar-refractivity contribution in [2.24, 2.45) is 0 Å². The molecule has 86 valence electrons. The summed E-state index contributed by atoms with van der Waals surface area (Å²) in [6.45, 7) is 1.20. The Hall–Kier alpha value is -1.81. The number of benzene rings is 1. The quantitative estimate of drug-likeness (QED) is 0.781. The third kappa shape index (κ3) is 2.61. The molecule has 1 unspecified atom stereocenters. The Labute approximate surface area is 92.2 Å². The lowest BCUT2D eigenvalue weighted by Crippen LogP contribution is -2.23. The minimum Gasteiger partial charge on any atom is -0.506 e. The first-order valence-electron chi connectivity index (χ1n) is 4.26. The molecule has 1 rings (SSSR count). The second-order valence-corrected chi connectivity index (χ2v) is 5.08. The lowest BCUT2D eigenvalue weighted by Gasteiger charge is -2.10. The third-order valence-electron chi connectivity index (χ3n) is 1.86. The maximum atomic E-state index is 12.6. The number of phenols is 1. The summed E-state index contributed by atoms with van der Waals surface area (Å²) in [7, 11) is -3.89. The zero-order valence-electron chi connectivity index (χ0n) is 8.31. The molecule has 2 N–H and O–H groups in total. The number of sulfonamides is 1. The number of anilines is 1. The zero-order chi connectivity index (χ0) is 12.3. The lowest BCUT2D eigenvalue weighted by atomic mass is 10.3. The largest absolute Gasteiger partial charge is 0.506 e. The highest BCUT2D eigenvalue weighted by atomic mass is 32.2. The van der Waals surface area contributed by atoms with E-state index >= 15 is 0 Å². The average molecular weight is 244 g/mol. The Kier molecular flexibility index (Phi) is 3.34. The number of phenolic OH excluding ortho intramolecular Hbond substituents is 1. The molecule has 0 aliphatic rings. The highest BCUT2D eigenvalue weighted by Crippen LogP contribution is 2.25. The molecule has 1 atom stereocenters. The van der Waals surface area contributed by atoms with Gasteiger partial charge in [0.2, 0.25) is 10.0 Å². The molecular formula is C9H9FN2O3S. The fraction of sp³-hybridized carbons (Fsp3) is 0.222. The van der Waals surface area contributed by atoms with Gasteiger partial charge in [0.05, 0.1) is 11.8 Å². The van der Waals surface area contributed by atoms with E-state index in [0.29, 0.717) is 0 Å². The Morgan fingerprint density at radius 3 is 2.69 bits per heavy atom. The van der Waals surface area contributed by atoms with Gasteiger partial charge >= 0.3 is 0 Å². The van der Waals surface area contributed by atoms with Gasteiger partial charge in [-0.1, -0.05) is 0 Å². The van der Waals surface area contributed by atoms with Gasteiger partial charge in [0.1, 0.15) is 11.6 Å². The average Bonchev–Trinajstić information content (AvgIpc) is 2.21. The summed E-state index contributed by atoms with van der Waals surface area (Å²) in [6, 6.07) is 4.39. The van der Waals surface area contributed by atoms with Gasteiger partial charge in [-0.2, -0.15) is 5.26 Å². The summed E-state index contributed by atoms with van der Waals surface area (Å²) in [5, 5.41) is 16.5. The second kappa shape index (κ2) is 4.37. The first kappa shape index (κ1) is 12.3. The van der Waals surface area contributed by atoms with Crippen molar-refractivity contribution in [2.45, 2.75) is 12.2 Å². The van der Waals surface area contributed by atoms with Crippen molar-refractivity contribution < 1.29 is 17.9 Å². The van der Waals surface area contributed by atoms with Gasteiger partial charge in [-0.15, -0.1) is 0 Å². The molecule has 0 heterocycles. The van der Waals surface area contributed by atoms with E-state index in [9.17, 15) is 17.9 Å². The molecule has 0 amide bonds. The van der Waals surface area contributed by atoms with E-state index < -0.39 is 26.8 Å². The van der Waals surface area contributed by atoms with Crippen molar-refractivity contribution in [3.05, 3.63) is 24.0 Å². The van der Waals surface area contributed by atoms with E-state index in [-0.39, 0.29) is 5.69 Å². The van der Waals surface area contributed by atoms with E-state index in [1.54, 1.807) is 6.07 Å². The molecule has 1 aromatic carbocycles. The molecule has 1 aromatic rings. The van der Waals surface area contributed by atoms with E-state index in [2.05, 4.69) is 0 Å². The molecule has 16 heavy (non-hydrogen) atoms. The summed E-state index contributed by atoms with van der Waals surface area (Å²) in [4.78, 5) is 0. The molecule has 0 saturated heterocycles. The van der Waals surface area contributed by atoms with Crippen LogP contribution in [0.5, 0.6) is 5.75 Å². The smallest absolute Gasteiger partial charge is 0.248 e. The molecule has 0 aromatic heterocycles. The molecular weight excluding hydrogens is 235 g/mol. The van der Waals surface area contributed by atoms with Crippen LogP contribution < -0.4 is 4.72 Å². The zero-order valence-corrected chi connectivity index (χ0v) is 9.12. The second-order valence-electron chi connectivity index (χ2n) is 3.08. The summed E-state index contributed by atoms with van der Waals surface area (Å²) in [5.74, 6) is -1.22. The van der Waals surface area contributed by atoms with Crippen LogP contribution in [0.1, 0.15) is 6.92 Å². The van der Waals surface area contributed by atoms with Crippen LogP contribution in [-0.4, -0.2) is 18.8 Å². The van der Waals surface area contributed by atoms with Crippen LogP contribution in [0.15, 0.2) is 18.2 Å². The minimum absolute atomic E-state index is 0.163. The van der Waals surface area contributed by atoms with Gasteiger partial charge in [-0.3, -0.25) is 4.72 Å². The molecule has 5 nitrogen and oxygen atoms in total. The van der Waals surface area contributed by atoms with Crippen molar-refractivity contribution in [3.63, 3.8) is 0 Å². The number of aromatic hydroxyl groups is 1. The van der Waals surface area contributed by atoms with Crippen molar-refractivity contribution in [1.82, 2.24) is 0 Å². The van der Waals surface area contributed by atoms with Crippen LogP contribution in [0.3, 0.4) is 0 Å². The van der Waals surface area contributed by atoms with Crippen LogP contribution in [0, 0.1) is 17.1 Å². The van der Waals surface area contributed by atoms with Crippen LogP contribution >= 0.6 is 0 Å². The highest BCUT2D eigenvalue weighted by Gasteiger charge is 2.21. The molecule has 0 radical (unpaired) electrons. The maximum absolute atomic E-state index is 12.6. The van der Waals surface area contributed by atoms with Crippen molar-refractivity contribution in [1.29, 1.82) is 5.26 Å². The first-order chi connectivity index (χ1) is 7.36. The Bertz CT molecular complexity index is 536. The number of hydrogen-bond donors (Lipinski definition) is 2. The van der Waals surface area contributed by atoms with Crippen molar-refractivity contribution in [3.8, 4) is 11.8 Å². The van der Waals surface area contributed by atoms with Crippen LogP contribution in [-0.2, 0) is 10.0 Å². The standard InChI is InChI=1S/C9H9FN2O3S/c1-6(5-11)16(14,15)12-8-3-2-7(10)4-9(8)13/h2-4,6,12-13H,1H3. The monoisotopic (exact) mass is 244 g/mol. The van der Waals surface area contributed by atoms with Gasteiger partial charge in [-0.05, 0) is 19.1 Å². The van der Waals surface area contributed by atoms with E-state index in [1.807, 2.05) is 4.72 Å². The number of rotatable bonds is 3. The minimum atomic E-state index is -3.89. The molecule has 7 heteroatoms. The summed E-state index contributed by atoms with van der Waals surface area (Å²) in [5.41, 5.74) is -0.163. The normalized spacial score (nSPS) is 12.8. The SMILES string of the molecule is CC(C#N)S(=O)(=O)Nc1ccc(F)cc1O. The highest BCUT2D eigenvalue weighted by molar-refractivity contribution is 7.93. The third-order valence-corrected chi connectivity index (χ3v) is 3.40. The van der Waals surface area contributed by atoms with Crippen LogP contribution in [0.4, 0.5) is 10.1 Å². The van der Waals surface area contributed by atoms with Gasteiger partial charge in [-0.25, -0.2) is 12.8 Å². The topological polar surface area (TPSA) is 90.2 Å². The molecule has 0 bridgehead atoms. The predicted octanol–water partition coefficient (Wildman–Crippen LogP) is 1.19.